The van der Waals surface area contributed by atoms with Crippen LogP contribution >= 0.6 is 11.6 Å². The molecule has 102 valence electrons. The minimum absolute atomic E-state index is 0.456. The van der Waals surface area contributed by atoms with Crippen molar-refractivity contribution < 1.29 is 0 Å². The number of nitrogens with zero attached hydrogens (tertiary/aromatic N) is 2. The second kappa shape index (κ2) is 4.99. The molecule has 0 fully saturated rings. The summed E-state index contributed by atoms with van der Waals surface area (Å²) in [7, 11) is 1.85. The van der Waals surface area contributed by atoms with Gasteiger partial charge in [-0.1, -0.05) is 35.9 Å². The first kappa shape index (κ1) is 14.1. The fourth-order valence-electron chi connectivity index (χ4n) is 2.55. The van der Waals surface area contributed by atoms with E-state index in [4.69, 9.17) is 17.3 Å². The van der Waals surface area contributed by atoms with Crippen molar-refractivity contribution in [2.24, 2.45) is 12.8 Å². The molecular weight excluding hydrogens is 258 g/mol. The second-order valence-electron chi connectivity index (χ2n) is 5.39. The van der Waals surface area contributed by atoms with Gasteiger partial charge >= 0.3 is 0 Å². The van der Waals surface area contributed by atoms with E-state index in [1.54, 1.807) is 4.68 Å². The molecule has 4 heteroatoms. The summed E-state index contributed by atoms with van der Waals surface area (Å²) in [6, 6.07) is 8.20. The molecular formula is C15H20ClN3. The molecule has 0 saturated carbocycles. The van der Waals surface area contributed by atoms with Crippen LogP contribution in [0, 0.1) is 13.8 Å². The topological polar surface area (TPSA) is 43.8 Å². The van der Waals surface area contributed by atoms with Crippen molar-refractivity contribution in [3.05, 3.63) is 51.8 Å². The summed E-state index contributed by atoms with van der Waals surface area (Å²) in [5.74, 6) is 0. The maximum absolute atomic E-state index is 6.52. The Morgan fingerprint density at radius 2 is 1.95 bits per heavy atom. The van der Waals surface area contributed by atoms with Gasteiger partial charge in [0.05, 0.1) is 5.69 Å². The number of nitrogens with two attached hydrogens (primary N) is 1. The quantitative estimate of drug-likeness (QED) is 0.937. The molecule has 2 aromatic rings. The molecule has 1 heterocycles. The molecule has 0 spiro atoms. The lowest BCUT2D eigenvalue weighted by Crippen LogP contribution is -2.36. The van der Waals surface area contributed by atoms with Gasteiger partial charge in [0.2, 0.25) is 0 Å². The third kappa shape index (κ3) is 2.67. The highest BCUT2D eigenvalue weighted by Crippen LogP contribution is 2.29. The van der Waals surface area contributed by atoms with Crippen molar-refractivity contribution in [2.75, 3.05) is 0 Å². The van der Waals surface area contributed by atoms with Crippen molar-refractivity contribution in [1.29, 1.82) is 0 Å². The van der Waals surface area contributed by atoms with Gasteiger partial charge in [-0.25, -0.2) is 0 Å². The van der Waals surface area contributed by atoms with Crippen molar-refractivity contribution >= 4 is 11.6 Å². The van der Waals surface area contributed by atoms with Crippen molar-refractivity contribution in [3.63, 3.8) is 0 Å². The van der Waals surface area contributed by atoms with Crippen LogP contribution < -0.4 is 5.73 Å². The van der Waals surface area contributed by atoms with Gasteiger partial charge in [-0.15, -0.1) is 0 Å². The minimum atomic E-state index is -0.456. The highest BCUT2D eigenvalue weighted by Gasteiger charge is 2.26. The zero-order chi connectivity index (χ0) is 14.2. The van der Waals surface area contributed by atoms with Crippen molar-refractivity contribution in [1.82, 2.24) is 9.78 Å². The van der Waals surface area contributed by atoms with Crippen molar-refractivity contribution in [3.8, 4) is 0 Å². The van der Waals surface area contributed by atoms with Crippen LogP contribution in [0.1, 0.15) is 29.3 Å². The van der Waals surface area contributed by atoms with Crippen LogP contribution in [0.4, 0.5) is 0 Å². The fraction of sp³-hybridized carbons (Fsp3) is 0.400. The van der Waals surface area contributed by atoms with Crippen LogP contribution in [-0.2, 0) is 19.0 Å². The molecule has 3 nitrogen and oxygen atoms in total. The predicted molar refractivity (Wildman–Crippen MR) is 79.4 cm³/mol. The first-order valence-electron chi connectivity index (χ1n) is 6.36. The van der Waals surface area contributed by atoms with Crippen LogP contribution in [0.25, 0.3) is 0 Å². The monoisotopic (exact) mass is 277 g/mol. The molecule has 1 atom stereocenters. The molecule has 0 amide bonds. The maximum atomic E-state index is 6.52. The largest absolute Gasteiger partial charge is 0.321 e. The molecule has 19 heavy (non-hydrogen) atoms. The third-order valence-corrected chi connectivity index (χ3v) is 4.05. The Kier molecular flexibility index (Phi) is 3.70. The number of benzene rings is 1. The van der Waals surface area contributed by atoms with E-state index in [2.05, 4.69) is 24.2 Å². The molecule has 1 aromatic carbocycles. The second-order valence-corrected chi connectivity index (χ2v) is 5.75. The average Bonchev–Trinajstić information content (AvgIpc) is 2.56. The molecule has 0 bridgehead atoms. The number of hydrogen-bond acceptors (Lipinski definition) is 2. The number of hydrogen-bond donors (Lipinski definition) is 1. The van der Waals surface area contributed by atoms with E-state index in [0.29, 0.717) is 11.6 Å². The van der Waals surface area contributed by atoms with Crippen LogP contribution in [0.2, 0.25) is 5.15 Å². The Bertz CT molecular complexity index is 599. The first-order chi connectivity index (χ1) is 8.83. The average molecular weight is 278 g/mol. The van der Waals surface area contributed by atoms with Crippen LogP contribution in [0.3, 0.4) is 0 Å². The van der Waals surface area contributed by atoms with Crippen LogP contribution in [0.15, 0.2) is 24.3 Å². The lowest BCUT2D eigenvalue weighted by Gasteiger charge is -2.27. The lowest BCUT2D eigenvalue weighted by molar-refractivity contribution is 0.487. The van der Waals surface area contributed by atoms with E-state index in [1.165, 1.54) is 5.56 Å². The molecule has 1 aromatic heterocycles. The Morgan fingerprint density at radius 3 is 2.47 bits per heavy atom. The van der Waals surface area contributed by atoms with E-state index in [9.17, 15) is 0 Å². The summed E-state index contributed by atoms with van der Waals surface area (Å²) in [6.07, 6.45) is 0.677. The van der Waals surface area contributed by atoms with Gasteiger partial charge in [-0.3, -0.25) is 4.68 Å². The van der Waals surface area contributed by atoms with E-state index in [-0.39, 0.29) is 0 Å². The molecule has 0 aliphatic heterocycles. The van der Waals surface area contributed by atoms with Crippen LogP contribution in [0.5, 0.6) is 0 Å². The summed E-state index contributed by atoms with van der Waals surface area (Å²) in [5, 5.41) is 5.01. The number of halogens is 1. The molecule has 0 radical (unpaired) electrons. The summed E-state index contributed by atoms with van der Waals surface area (Å²) in [5.41, 5.74) is 10.4. The molecule has 1 unspecified atom stereocenters. The smallest absolute Gasteiger partial charge is 0.130 e. The fourth-order valence-corrected chi connectivity index (χ4v) is 2.79. The standard InChI is InChI=1S/C15H20ClN3/c1-10-7-5-6-8-13(10)15(3,17)9-12-11(2)18-19(4)14(12)16/h5-8H,9,17H2,1-4H3. The van der Waals surface area contributed by atoms with Gasteiger partial charge in [-0.2, -0.15) is 5.10 Å². The zero-order valence-electron chi connectivity index (χ0n) is 11.9. The maximum Gasteiger partial charge on any atom is 0.130 e. The Labute approximate surface area is 119 Å². The highest BCUT2D eigenvalue weighted by molar-refractivity contribution is 6.30. The normalized spacial score (nSPS) is 14.4. The summed E-state index contributed by atoms with van der Waals surface area (Å²) < 4.78 is 1.69. The zero-order valence-corrected chi connectivity index (χ0v) is 12.6. The number of rotatable bonds is 3. The lowest BCUT2D eigenvalue weighted by atomic mass is 9.84. The third-order valence-electron chi connectivity index (χ3n) is 3.57. The summed E-state index contributed by atoms with van der Waals surface area (Å²) >= 11 is 6.29. The van der Waals surface area contributed by atoms with Gasteiger partial charge in [-0.05, 0) is 38.3 Å². The molecule has 0 aliphatic rings. The Balaban J connectivity index is 2.39. The van der Waals surface area contributed by atoms with Gasteiger partial charge in [0.15, 0.2) is 0 Å². The van der Waals surface area contributed by atoms with E-state index in [0.717, 1.165) is 16.8 Å². The van der Waals surface area contributed by atoms with Crippen LogP contribution in [-0.4, -0.2) is 9.78 Å². The summed E-state index contributed by atoms with van der Waals surface area (Å²) in [6.45, 7) is 6.09. The van der Waals surface area contributed by atoms with E-state index >= 15 is 0 Å². The molecule has 0 aliphatic carbocycles. The van der Waals surface area contributed by atoms with Gasteiger partial charge in [0, 0.05) is 18.2 Å². The van der Waals surface area contributed by atoms with E-state index in [1.807, 2.05) is 33.0 Å². The minimum Gasteiger partial charge on any atom is -0.321 e. The number of aromatic nitrogens is 2. The predicted octanol–water partition coefficient (Wildman–Crippen LogP) is 3.11. The van der Waals surface area contributed by atoms with Gasteiger partial charge in [0.1, 0.15) is 5.15 Å². The Morgan fingerprint density at radius 1 is 1.32 bits per heavy atom. The first-order valence-corrected chi connectivity index (χ1v) is 6.73. The van der Waals surface area contributed by atoms with E-state index < -0.39 is 5.54 Å². The summed E-state index contributed by atoms with van der Waals surface area (Å²) in [4.78, 5) is 0. The highest BCUT2D eigenvalue weighted by atomic mass is 35.5. The Hall–Kier alpha value is -1.32. The molecule has 2 rings (SSSR count). The van der Waals surface area contributed by atoms with Gasteiger partial charge < -0.3 is 5.73 Å². The van der Waals surface area contributed by atoms with Crippen molar-refractivity contribution in [2.45, 2.75) is 32.7 Å². The molecule has 2 N–H and O–H groups in total. The SMILES string of the molecule is Cc1ccccc1C(C)(N)Cc1c(C)nn(C)c1Cl. The number of aryl methyl sites for hydroxylation is 3. The van der Waals surface area contributed by atoms with Gasteiger partial charge in [0.25, 0.3) is 0 Å². The molecule has 0 saturated heterocycles.